The Balaban J connectivity index is 1.72. The van der Waals surface area contributed by atoms with Crippen molar-refractivity contribution in [3.8, 4) is 11.6 Å². The van der Waals surface area contributed by atoms with E-state index >= 15 is 0 Å². The van der Waals surface area contributed by atoms with Crippen molar-refractivity contribution in [1.29, 1.82) is 0 Å². The van der Waals surface area contributed by atoms with Crippen LogP contribution < -0.4 is 15.4 Å². The summed E-state index contributed by atoms with van der Waals surface area (Å²) in [6, 6.07) is 23.8. The number of benzene rings is 3. The van der Waals surface area contributed by atoms with Gasteiger partial charge in [0.25, 0.3) is 0 Å². The first-order valence-corrected chi connectivity index (χ1v) is 8.29. The van der Waals surface area contributed by atoms with Gasteiger partial charge in [-0.25, -0.2) is 4.98 Å². The van der Waals surface area contributed by atoms with Gasteiger partial charge in [0, 0.05) is 18.1 Å². The molecule has 1 heterocycles. The molecule has 3 aromatic carbocycles. The van der Waals surface area contributed by atoms with Crippen molar-refractivity contribution in [3.05, 3.63) is 79.1 Å². The van der Waals surface area contributed by atoms with Gasteiger partial charge in [-0.05, 0) is 23.6 Å². The lowest BCUT2D eigenvalue weighted by atomic mass is 10.1. The Kier molecular flexibility index (Phi) is 4.11. The van der Waals surface area contributed by atoms with Crippen LogP contribution >= 0.6 is 0 Å². The number of hydrogen-bond acceptors (Lipinski definition) is 5. The smallest absolute Gasteiger partial charge is 0.248 e. The Hall–Kier alpha value is -3.60. The first-order valence-electron chi connectivity index (χ1n) is 8.29. The van der Waals surface area contributed by atoms with Gasteiger partial charge in [-0.1, -0.05) is 54.6 Å². The van der Waals surface area contributed by atoms with E-state index in [1.165, 1.54) is 6.33 Å². The number of para-hydroxylation sites is 1. The Labute approximate surface area is 151 Å². The Bertz CT molecular complexity index is 1040. The van der Waals surface area contributed by atoms with Crippen LogP contribution in [0.4, 0.5) is 17.2 Å². The lowest BCUT2D eigenvalue weighted by Gasteiger charge is -2.20. The van der Waals surface area contributed by atoms with Crippen LogP contribution in [0, 0.1) is 0 Å². The van der Waals surface area contributed by atoms with Crippen LogP contribution in [-0.4, -0.2) is 17.0 Å². The molecular formula is C21H18N4O. The number of fused-ring (bicyclic) bond motifs is 1. The molecule has 5 heteroatoms. The van der Waals surface area contributed by atoms with Crippen LogP contribution in [0.25, 0.3) is 10.8 Å². The predicted octanol–water partition coefficient (Wildman–Crippen LogP) is 4.77. The third-order valence-corrected chi connectivity index (χ3v) is 4.24. The van der Waals surface area contributed by atoms with Crippen LogP contribution in [0.1, 0.15) is 0 Å². The fourth-order valence-corrected chi connectivity index (χ4v) is 2.88. The molecule has 1 aromatic heterocycles. The number of ether oxygens (including phenoxy) is 1. The van der Waals surface area contributed by atoms with Gasteiger partial charge in [-0.2, -0.15) is 4.98 Å². The number of nitrogens with two attached hydrogens (primary N) is 1. The third-order valence-electron chi connectivity index (χ3n) is 4.24. The SMILES string of the molecule is CN(c1ccccc1)c1ncnc(Oc2cccc3ccccc23)c1N. The van der Waals surface area contributed by atoms with E-state index < -0.39 is 0 Å². The second kappa shape index (κ2) is 6.72. The molecule has 0 unspecified atom stereocenters. The molecule has 0 bridgehead atoms. The molecule has 0 amide bonds. The number of rotatable bonds is 4. The summed E-state index contributed by atoms with van der Waals surface area (Å²) in [5.74, 6) is 1.65. The molecule has 0 spiro atoms. The Morgan fingerprint density at radius 3 is 2.42 bits per heavy atom. The molecule has 0 aliphatic rings. The first kappa shape index (κ1) is 15.9. The molecule has 128 valence electrons. The lowest BCUT2D eigenvalue weighted by Crippen LogP contribution is -2.14. The average Bonchev–Trinajstić information content (AvgIpc) is 2.70. The van der Waals surface area contributed by atoms with Gasteiger partial charge in [-0.3, -0.25) is 0 Å². The molecule has 0 saturated heterocycles. The fourth-order valence-electron chi connectivity index (χ4n) is 2.88. The van der Waals surface area contributed by atoms with Crippen molar-refractivity contribution < 1.29 is 4.74 Å². The van der Waals surface area contributed by atoms with Gasteiger partial charge in [0.05, 0.1) is 0 Å². The molecule has 0 radical (unpaired) electrons. The van der Waals surface area contributed by atoms with E-state index in [1.54, 1.807) is 0 Å². The number of aromatic nitrogens is 2. The quantitative estimate of drug-likeness (QED) is 0.578. The fraction of sp³-hybridized carbons (Fsp3) is 0.0476. The van der Waals surface area contributed by atoms with Gasteiger partial charge >= 0.3 is 0 Å². The van der Waals surface area contributed by atoms with Gasteiger partial charge in [-0.15, -0.1) is 0 Å². The molecule has 4 rings (SSSR count). The summed E-state index contributed by atoms with van der Waals surface area (Å²) in [7, 11) is 1.91. The normalized spacial score (nSPS) is 10.7. The van der Waals surface area contributed by atoms with Gasteiger partial charge in [0.1, 0.15) is 17.8 Å². The van der Waals surface area contributed by atoms with E-state index in [4.69, 9.17) is 10.5 Å². The highest BCUT2D eigenvalue weighted by Gasteiger charge is 2.15. The number of anilines is 3. The molecule has 0 aliphatic carbocycles. The van der Waals surface area contributed by atoms with Crippen LogP contribution in [0.2, 0.25) is 0 Å². The summed E-state index contributed by atoms with van der Waals surface area (Å²) >= 11 is 0. The predicted molar refractivity (Wildman–Crippen MR) is 105 cm³/mol. The van der Waals surface area contributed by atoms with E-state index in [1.807, 2.05) is 84.7 Å². The Morgan fingerprint density at radius 1 is 0.846 bits per heavy atom. The molecule has 26 heavy (non-hydrogen) atoms. The standard InChI is InChI=1S/C21H18N4O/c1-25(16-10-3-2-4-11-16)20-19(22)21(24-14-23-20)26-18-13-7-9-15-8-5-6-12-17(15)18/h2-14H,22H2,1H3. The number of hydrogen-bond donors (Lipinski definition) is 1. The summed E-state index contributed by atoms with van der Waals surface area (Å²) < 4.78 is 6.05. The highest BCUT2D eigenvalue weighted by atomic mass is 16.5. The number of nitrogens with zero attached hydrogens (tertiary/aromatic N) is 3. The summed E-state index contributed by atoms with van der Waals surface area (Å²) in [5.41, 5.74) is 7.70. The summed E-state index contributed by atoms with van der Waals surface area (Å²) in [6.45, 7) is 0. The molecule has 0 aliphatic heterocycles. The van der Waals surface area contributed by atoms with Gasteiger partial charge in [0.15, 0.2) is 5.82 Å². The molecule has 2 N–H and O–H groups in total. The second-order valence-corrected chi connectivity index (χ2v) is 5.89. The number of nitrogen functional groups attached to an aromatic ring is 1. The van der Waals surface area contributed by atoms with E-state index in [0.29, 0.717) is 23.1 Å². The maximum atomic E-state index is 6.32. The Morgan fingerprint density at radius 2 is 1.58 bits per heavy atom. The zero-order valence-corrected chi connectivity index (χ0v) is 14.3. The van der Waals surface area contributed by atoms with Crippen molar-refractivity contribution in [2.24, 2.45) is 0 Å². The lowest BCUT2D eigenvalue weighted by molar-refractivity contribution is 0.469. The van der Waals surface area contributed by atoms with Crippen LogP contribution in [0.15, 0.2) is 79.1 Å². The first-order chi connectivity index (χ1) is 12.7. The summed E-state index contributed by atoms with van der Waals surface area (Å²) in [4.78, 5) is 10.5. The summed E-state index contributed by atoms with van der Waals surface area (Å²) in [5, 5.41) is 2.10. The molecule has 4 aromatic rings. The van der Waals surface area contributed by atoms with Gasteiger partial charge < -0.3 is 15.4 Å². The minimum atomic E-state index is 0.342. The largest absolute Gasteiger partial charge is 0.436 e. The second-order valence-electron chi connectivity index (χ2n) is 5.89. The van der Waals surface area contributed by atoms with Crippen LogP contribution in [0.5, 0.6) is 11.6 Å². The zero-order chi connectivity index (χ0) is 17.9. The molecule has 0 fully saturated rings. The maximum absolute atomic E-state index is 6.32. The molecular weight excluding hydrogens is 324 g/mol. The third kappa shape index (κ3) is 2.91. The monoisotopic (exact) mass is 342 g/mol. The van der Waals surface area contributed by atoms with Crippen LogP contribution in [-0.2, 0) is 0 Å². The van der Waals surface area contributed by atoms with Crippen molar-refractivity contribution >= 4 is 28.0 Å². The molecule has 0 saturated carbocycles. The summed E-state index contributed by atoms with van der Waals surface area (Å²) in [6.07, 6.45) is 1.46. The topological polar surface area (TPSA) is 64.3 Å². The van der Waals surface area contributed by atoms with E-state index in [9.17, 15) is 0 Å². The average molecular weight is 342 g/mol. The highest BCUT2D eigenvalue weighted by Crippen LogP contribution is 2.36. The van der Waals surface area contributed by atoms with Crippen molar-refractivity contribution in [2.45, 2.75) is 0 Å². The van der Waals surface area contributed by atoms with Gasteiger partial charge in [0.2, 0.25) is 5.88 Å². The maximum Gasteiger partial charge on any atom is 0.248 e. The van der Waals surface area contributed by atoms with Crippen molar-refractivity contribution in [1.82, 2.24) is 9.97 Å². The van der Waals surface area contributed by atoms with E-state index in [-0.39, 0.29) is 0 Å². The zero-order valence-electron chi connectivity index (χ0n) is 14.3. The molecule has 0 atom stereocenters. The molecule has 5 nitrogen and oxygen atoms in total. The van der Waals surface area contributed by atoms with E-state index in [2.05, 4.69) is 9.97 Å². The minimum Gasteiger partial charge on any atom is -0.436 e. The van der Waals surface area contributed by atoms with Crippen molar-refractivity contribution in [2.75, 3.05) is 17.7 Å². The van der Waals surface area contributed by atoms with Crippen molar-refractivity contribution in [3.63, 3.8) is 0 Å². The van der Waals surface area contributed by atoms with Crippen LogP contribution in [0.3, 0.4) is 0 Å². The van der Waals surface area contributed by atoms with E-state index in [0.717, 1.165) is 16.5 Å². The highest BCUT2D eigenvalue weighted by molar-refractivity contribution is 5.88. The minimum absolute atomic E-state index is 0.342.